The van der Waals surface area contributed by atoms with Gasteiger partial charge < -0.3 is 0 Å². The van der Waals surface area contributed by atoms with E-state index in [0.717, 1.165) is 29.2 Å². The number of unbranched alkanes of at least 4 members (excludes halogenated alkanes) is 2. The Morgan fingerprint density at radius 1 is 0.900 bits per heavy atom. The van der Waals surface area contributed by atoms with Crippen LogP contribution in [0.3, 0.4) is 0 Å². The molecule has 0 saturated heterocycles. The lowest BCUT2D eigenvalue weighted by Crippen LogP contribution is -2.16. The van der Waals surface area contributed by atoms with Gasteiger partial charge in [0.25, 0.3) is 0 Å². The largest absolute Gasteiger partial charge is 0.248 e. The molecule has 0 atom stereocenters. The number of alkyl halides is 2. The molecule has 0 aliphatic carbocycles. The summed E-state index contributed by atoms with van der Waals surface area (Å²) < 4.78 is 27.5. The third-order valence-corrected chi connectivity index (χ3v) is 3.74. The average molecular weight is 276 g/mol. The first-order valence-electron chi connectivity index (χ1n) is 7.46. The van der Waals surface area contributed by atoms with Crippen molar-refractivity contribution in [2.45, 2.75) is 51.4 Å². The fourth-order valence-electron chi connectivity index (χ4n) is 2.48. The Kier molecular flexibility index (Phi) is 5.11. The molecule has 0 unspecified atom stereocenters. The van der Waals surface area contributed by atoms with Crippen LogP contribution >= 0.6 is 0 Å². The maximum absolute atomic E-state index is 13.7. The molecule has 2 aromatic carbocycles. The Bertz CT molecular complexity index is 546. The summed E-state index contributed by atoms with van der Waals surface area (Å²) in [7, 11) is 0. The number of aryl methyl sites for hydroxylation is 1. The van der Waals surface area contributed by atoms with Crippen LogP contribution in [-0.4, -0.2) is 5.92 Å². The highest BCUT2D eigenvalue weighted by atomic mass is 19.3. The van der Waals surface area contributed by atoms with E-state index in [1.807, 2.05) is 49.4 Å². The average Bonchev–Trinajstić information content (AvgIpc) is 2.45. The van der Waals surface area contributed by atoms with Crippen LogP contribution in [0.5, 0.6) is 0 Å². The monoisotopic (exact) mass is 276 g/mol. The Hall–Kier alpha value is -1.44. The predicted molar refractivity (Wildman–Crippen MR) is 81.4 cm³/mol. The number of hydrogen-bond acceptors (Lipinski definition) is 0. The fraction of sp³-hybridized carbons (Fsp3) is 0.444. The summed E-state index contributed by atoms with van der Waals surface area (Å²) >= 11 is 0. The van der Waals surface area contributed by atoms with Gasteiger partial charge in [-0.2, -0.15) is 0 Å². The number of halogens is 2. The highest BCUT2D eigenvalue weighted by Crippen LogP contribution is 2.28. The van der Waals surface area contributed by atoms with Gasteiger partial charge in [-0.15, -0.1) is 0 Å². The van der Waals surface area contributed by atoms with Gasteiger partial charge in [-0.1, -0.05) is 62.2 Å². The van der Waals surface area contributed by atoms with Crippen LogP contribution < -0.4 is 0 Å². The molecule has 2 rings (SSSR count). The van der Waals surface area contributed by atoms with Crippen LogP contribution in [0.1, 0.15) is 44.6 Å². The minimum absolute atomic E-state index is 0.0222. The van der Waals surface area contributed by atoms with E-state index < -0.39 is 5.92 Å². The van der Waals surface area contributed by atoms with Crippen LogP contribution in [0, 0.1) is 0 Å². The Balaban J connectivity index is 1.94. The molecular weight excluding hydrogens is 254 g/mol. The summed E-state index contributed by atoms with van der Waals surface area (Å²) in [6.07, 6.45) is 2.93. The second-order valence-corrected chi connectivity index (χ2v) is 5.49. The minimum atomic E-state index is -2.53. The Morgan fingerprint density at radius 2 is 1.65 bits per heavy atom. The fourth-order valence-corrected chi connectivity index (χ4v) is 2.48. The highest BCUT2D eigenvalue weighted by Gasteiger charge is 2.27. The van der Waals surface area contributed by atoms with Crippen LogP contribution in [-0.2, 0) is 6.42 Å². The molecule has 0 saturated carbocycles. The topological polar surface area (TPSA) is 0 Å². The lowest BCUT2D eigenvalue weighted by molar-refractivity contribution is -0.0179. The maximum Gasteiger partial charge on any atom is 0.248 e. The summed E-state index contributed by atoms with van der Waals surface area (Å²) in [6.45, 7) is 2.03. The normalized spacial score (nSPS) is 11.9. The molecule has 108 valence electrons. The number of hydrogen-bond donors (Lipinski definition) is 0. The second kappa shape index (κ2) is 6.83. The zero-order valence-corrected chi connectivity index (χ0v) is 12.0. The minimum Gasteiger partial charge on any atom is -0.207 e. The predicted octanol–water partition coefficient (Wildman–Crippen LogP) is 5.99. The number of rotatable bonds is 7. The first-order chi connectivity index (χ1) is 9.61. The van der Waals surface area contributed by atoms with Crippen molar-refractivity contribution in [2.75, 3.05) is 0 Å². The second-order valence-electron chi connectivity index (χ2n) is 5.49. The SMILES string of the molecule is CCCCCC(F)(F)CCc1ccc2ccccc2c1. The maximum atomic E-state index is 13.7. The molecule has 20 heavy (non-hydrogen) atoms. The molecular formula is C18H22F2. The molecule has 2 heteroatoms. The van der Waals surface area contributed by atoms with E-state index in [1.165, 1.54) is 0 Å². The summed E-state index contributed by atoms with van der Waals surface area (Å²) in [5, 5.41) is 2.28. The van der Waals surface area contributed by atoms with Gasteiger partial charge >= 0.3 is 0 Å². The van der Waals surface area contributed by atoms with Crippen molar-refractivity contribution >= 4 is 10.8 Å². The molecule has 0 aromatic heterocycles. The van der Waals surface area contributed by atoms with Gasteiger partial charge in [-0.3, -0.25) is 0 Å². The van der Waals surface area contributed by atoms with Crippen LogP contribution in [0.2, 0.25) is 0 Å². The summed E-state index contributed by atoms with van der Waals surface area (Å²) in [5.41, 5.74) is 0.999. The van der Waals surface area contributed by atoms with Crippen molar-refractivity contribution in [3.05, 3.63) is 48.0 Å². The molecule has 2 aromatic rings. The van der Waals surface area contributed by atoms with E-state index in [9.17, 15) is 8.78 Å². The van der Waals surface area contributed by atoms with Gasteiger partial charge in [0.15, 0.2) is 0 Å². The van der Waals surface area contributed by atoms with Gasteiger partial charge in [0.05, 0.1) is 0 Å². The molecule has 0 spiro atoms. The molecule has 0 bridgehead atoms. The van der Waals surface area contributed by atoms with Crippen LogP contribution in [0.15, 0.2) is 42.5 Å². The van der Waals surface area contributed by atoms with Crippen molar-refractivity contribution in [3.63, 3.8) is 0 Å². The van der Waals surface area contributed by atoms with E-state index in [4.69, 9.17) is 0 Å². The smallest absolute Gasteiger partial charge is 0.207 e. The van der Waals surface area contributed by atoms with Crippen molar-refractivity contribution in [1.29, 1.82) is 0 Å². The molecule has 0 amide bonds. The van der Waals surface area contributed by atoms with E-state index >= 15 is 0 Å². The van der Waals surface area contributed by atoms with E-state index in [1.54, 1.807) is 0 Å². The van der Waals surface area contributed by atoms with Gasteiger partial charge in [-0.05, 0) is 29.2 Å². The molecule has 0 fully saturated rings. The number of fused-ring (bicyclic) bond motifs is 1. The van der Waals surface area contributed by atoms with E-state index in [-0.39, 0.29) is 12.8 Å². The zero-order chi connectivity index (χ0) is 14.4. The quantitative estimate of drug-likeness (QED) is 0.545. The molecule has 0 nitrogen and oxygen atoms in total. The molecule has 0 aliphatic heterocycles. The Morgan fingerprint density at radius 3 is 2.40 bits per heavy atom. The van der Waals surface area contributed by atoms with Crippen LogP contribution in [0.25, 0.3) is 10.8 Å². The first-order valence-corrected chi connectivity index (χ1v) is 7.46. The summed E-state index contributed by atoms with van der Waals surface area (Å²) in [5.74, 6) is -2.53. The van der Waals surface area contributed by atoms with Gasteiger partial charge in [0.2, 0.25) is 5.92 Å². The molecule has 0 radical (unpaired) electrons. The highest BCUT2D eigenvalue weighted by molar-refractivity contribution is 5.82. The molecule has 0 N–H and O–H groups in total. The van der Waals surface area contributed by atoms with E-state index in [0.29, 0.717) is 12.8 Å². The summed E-state index contributed by atoms with van der Waals surface area (Å²) in [6, 6.07) is 14.0. The van der Waals surface area contributed by atoms with E-state index in [2.05, 4.69) is 0 Å². The van der Waals surface area contributed by atoms with Crippen molar-refractivity contribution in [1.82, 2.24) is 0 Å². The molecule has 0 aliphatic rings. The van der Waals surface area contributed by atoms with Gasteiger partial charge in [-0.25, -0.2) is 8.78 Å². The third kappa shape index (κ3) is 4.29. The van der Waals surface area contributed by atoms with Gasteiger partial charge in [0, 0.05) is 12.8 Å². The molecule has 0 heterocycles. The first kappa shape index (κ1) is 15.0. The lowest BCUT2D eigenvalue weighted by Gasteiger charge is -2.16. The van der Waals surface area contributed by atoms with Crippen LogP contribution in [0.4, 0.5) is 8.78 Å². The summed E-state index contributed by atoms with van der Waals surface area (Å²) in [4.78, 5) is 0. The lowest BCUT2D eigenvalue weighted by atomic mass is 9.99. The van der Waals surface area contributed by atoms with Crippen molar-refractivity contribution in [2.24, 2.45) is 0 Å². The standard InChI is InChI=1S/C18H22F2/c1-2-3-6-12-18(19,20)13-11-15-9-10-16-7-4-5-8-17(16)14-15/h4-5,7-10,14H,2-3,6,11-13H2,1H3. The number of benzene rings is 2. The van der Waals surface area contributed by atoms with Crippen molar-refractivity contribution in [3.8, 4) is 0 Å². The third-order valence-electron chi connectivity index (χ3n) is 3.74. The zero-order valence-electron chi connectivity index (χ0n) is 12.0. The van der Waals surface area contributed by atoms with Gasteiger partial charge in [0.1, 0.15) is 0 Å². The van der Waals surface area contributed by atoms with Crippen molar-refractivity contribution < 1.29 is 8.78 Å². The Labute approximate surface area is 119 Å².